The average Bonchev–Trinajstić information content (AvgIpc) is 2.26. The van der Waals surface area contributed by atoms with E-state index in [1.807, 2.05) is 24.3 Å². The Labute approximate surface area is 97.9 Å². The number of anilines is 1. The SMILES string of the molecule is O=C(O)CNc1[nH+]cnc2ccccc12.[Cl-]. The molecular weight excluding hydrogens is 230 g/mol. The minimum absolute atomic E-state index is 0. The minimum Gasteiger partial charge on any atom is -1.00 e. The number of hydrogen-bond acceptors (Lipinski definition) is 3. The number of carboxylic acids is 1. The fourth-order valence-corrected chi connectivity index (χ4v) is 1.35. The number of aromatic amines is 1. The van der Waals surface area contributed by atoms with Crippen molar-refractivity contribution in [1.82, 2.24) is 4.98 Å². The molecule has 1 aromatic heterocycles. The summed E-state index contributed by atoms with van der Waals surface area (Å²) >= 11 is 0. The van der Waals surface area contributed by atoms with E-state index in [9.17, 15) is 4.79 Å². The molecule has 0 aliphatic heterocycles. The Kier molecular flexibility index (Phi) is 4.02. The van der Waals surface area contributed by atoms with Gasteiger partial charge in [-0.25, -0.2) is 9.78 Å². The summed E-state index contributed by atoms with van der Waals surface area (Å²) in [6.07, 6.45) is 1.53. The van der Waals surface area contributed by atoms with Gasteiger partial charge in [-0.15, -0.1) is 4.98 Å². The predicted octanol–water partition coefficient (Wildman–Crippen LogP) is -2.45. The van der Waals surface area contributed by atoms with Crippen molar-refractivity contribution in [3.05, 3.63) is 30.6 Å². The van der Waals surface area contributed by atoms with Gasteiger partial charge >= 0.3 is 5.97 Å². The monoisotopic (exact) mass is 239 g/mol. The van der Waals surface area contributed by atoms with E-state index in [1.165, 1.54) is 6.33 Å². The van der Waals surface area contributed by atoms with E-state index < -0.39 is 5.97 Å². The van der Waals surface area contributed by atoms with E-state index in [1.54, 1.807) is 0 Å². The van der Waals surface area contributed by atoms with E-state index in [2.05, 4.69) is 15.3 Å². The molecule has 0 saturated carbocycles. The summed E-state index contributed by atoms with van der Waals surface area (Å²) in [5.74, 6) is -0.229. The minimum atomic E-state index is -0.899. The maximum Gasteiger partial charge on any atom is 0.337 e. The van der Waals surface area contributed by atoms with E-state index in [-0.39, 0.29) is 19.0 Å². The van der Waals surface area contributed by atoms with Crippen LogP contribution in [-0.4, -0.2) is 22.6 Å². The van der Waals surface area contributed by atoms with Crippen molar-refractivity contribution >= 4 is 22.7 Å². The molecule has 2 aromatic rings. The third-order valence-electron chi connectivity index (χ3n) is 2.00. The highest BCUT2D eigenvalue weighted by Gasteiger charge is 2.08. The van der Waals surface area contributed by atoms with E-state index >= 15 is 0 Å². The Morgan fingerprint density at radius 3 is 2.94 bits per heavy atom. The molecule has 0 bridgehead atoms. The Morgan fingerprint density at radius 1 is 1.44 bits per heavy atom. The van der Waals surface area contributed by atoms with Gasteiger partial charge in [-0.3, -0.25) is 5.32 Å². The van der Waals surface area contributed by atoms with Crippen molar-refractivity contribution in [2.24, 2.45) is 0 Å². The summed E-state index contributed by atoms with van der Waals surface area (Å²) in [4.78, 5) is 17.4. The summed E-state index contributed by atoms with van der Waals surface area (Å²) in [5, 5.41) is 12.2. The highest BCUT2D eigenvalue weighted by Crippen LogP contribution is 2.15. The van der Waals surface area contributed by atoms with Gasteiger partial charge in [0.15, 0.2) is 12.1 Å². The number of aliphatic carboxylic acids is 1. The molecule has 2 rings (SSSR count). The van der Waals surface area contributed by atoms with Gasteiger partial charge in [0.05, 0.1) is 5.39 Å². The number of nitrogens with zero attached hydrogens (tertiary/aromatic N) is 1. The predicted molar refractivity (Wildman–Crippen MR) is 54.4 cm³/mol. The molecule has 0 unspecified atom stereocenters. The van der Waals surface area contributed by atoms with Gasteiger partial charge < -0.3 is 17.5 Å². The first-order valence-electron chi connectivity index (χ1n) is 4.48. The summed E-state index contributed by atoms with van der Waals surface area (Å²) in [5.41, 5.74) is 0.823. The van der Waals surface area contributed by atoms with Crippen LogP contribution in [0.4, 0.5) is 5.82 Å². The van der Waals surface area contributed by atoms with E-state index in [0.29, 0.717) is 5.82 Å². The van der Waals surface area contributed by atoms with Crippen LogP contribution in [0.1, 0.15) is 0 Å². The smallest absolute Gasteiger partial charge is 0.337 e. The number of aromatic nitrogens is 2. The number of benzene rings is 1. The lowest BCUT2D eigenvalue weighted by Crippen LogP contribution is -3.00. The molecule has 84 valence electrons. The molecule has 0 atom stereocenters. The Balaban J connectivity index is 0.00000128. The van der Waals surface area contributed by atoms with Crippen LogP contribution in [0.15, 0.2) is 30.6 Å². The highest BCUT2D eigenvalue weighted by atomic mass is 35.5. The second kappa shape index (κ2) is 5.27. The maximum atomic E-state index is 10.4. The Morgan fingerprint density at radius 2 is 2.19 bits per heavy atom. The van der Waals surface area contributed by atoms with Crippen molar-refractivity contribution in [1.29, 1.82) is 0 Å². The quantitative estimate of drug-likeness (QED) is 0.624. The van der Waals surface area contributed by atoms with Crippen LogP contribution in [0.25, 0.3) is 10.9 Å². The zero-order chi connectivity index (χ0) is 10.7. The summed E-state index contributed by atoms with van der Waals surface area (Å²) in [6.45, 7) is -0.121. The van der Waals surface area contributed by atoms with Gasteiger partial charge in [0.25, 0.3) is 0 Å². The molecule has 0 aliphatic carbocycles. The topological polar surface area (TPSA) is 76.4 Å². The molecule has 1 aromatic carbocycles. The van der Waals surface area contributed by atoms with Gasteiger partial charge in [0.2, 0.25) is 12.1 Å². The molecule has 0 aliphatic rings. The van der Waals surface area contributed by atoms with Crippen LogP contribution in [0, 0.1) is 0 Å². The number of nitrogens with one attached hydrogen (secondary N) is 2. The number of para-hydroxylation sites is 1. The van der Waals surface area contributed by atoms with Crippen molar-refractivity contribution in [3.63, 3.8) is 0 Å². The molecule has 0 amide bonds. The molecule has 5 nitrogen and oxygen atoms in total. The number of carbonyl (C=O) groups is 1. The summed E-state index contributed by atoms with van der Waals surface area (Å²) in [7, 11) is 0. The number of halogens is 1. The molecular formula is C10H10ClN3O2. The molecule has 6 heteroatoms. The van der Waals surface area contributed by atoms with Crippen LogP contribution >= 0.6 is 0 Å². The number of rotatable bonds is 3. The van der Waals surface area contributed by atoms with Gasteiger partial charge in [0, 0.05) is 0 Å². The molecule has 3 N–H and O–H groups in total. The first kappa shape index (κ1) is 12.2. The van der Waals surface area contributed by atoms with Crippen LogP contribution in [0.2, 0.25) is 0 Å². The molecule has 1 heterocycles. The third kappa shape index (κ3) is 2.58. The zero-order valence-electron chi connectivity index (χ0n) is 8.27. The standard InChI is InChI=1S/C10H9N3O2.ClH/c14-9(15)5-11-10-7-3-1-2-4-8(7)12-6-13-10;/h1-4,6H,5H2,(H,14,15)(H,11,12,13);1H. The van der Waals surface area contributed by atoms with Gasteiger partial charge in [-0.05, 0) is 12.1 Å². The average molecular weight is 240 g/mol. The third-order valence-corrected chi connectivity index (χ3v) is 2.00. The highest BCUT2D eigenvalue weighted by molar-refractivity contribution is 5.88. The van der Waals surface area contributed by atoms with Crippen LogP contribution in [0.5, 0.6) is 0 Å². The van der Waals surface area contributed by atoms with Crippen molar-refractivity contribution in [2.75, 3.05) is 11.9 Å². The number of fused-ring (bicyclic) bond motifs is 1. The fraction of sp³-hybridized carbons (Fsp3) is 0.100. The zero-order valence-corrected chi connectivity index (χ0v) is 9.03. The van der Waals surface area contributed by atoms with Crippen LogP contribution in [0.3, 0.4) is 0 Å². The van der Waals surface area contributed by atoms with Crippen molar-refractivity contribution < 1.29 is 27.3 Å². The number of hydrogen-bond donors (Lipinski definition) is 2. The lowest BCUT2D eigenvalue weighted by atomic mass is 10.2. The lowest BCUT2D eigenvalue weighted by molar-refractivity contribution is -0.364. The molecule has 0 saturated heterocycles. The van der Waals surface area contributed by atoms with Crippen LogP contribution in [-0.2, 0) is 4.79 Å². The van der Waals surface area contributed by atoms with Crippen molar-refractivity contribution in [2.45, 2.75) is 0 Å². The Hall–Kier alpha value is -1.88. The number of H-pyrrole nitrogens is 1. The fourth-order valence-electron chi connectivity index (χ4n) is 1.35. The van der Waals surface area contributed by atoms with Crippen molar-refractivity contribution in [3.8, 4) is 0 Å². The second-order valence-electron chi connectivity index (χ2n) is 3.04. The first-order valence-corrected chi connectivity index (χ1v) is 4.48. The summed E-state index contributed by atoms with van der Waals surface area (Å²) < 4.78 is 0. The molecule has 0 radical (unpaired) electrons. The largest absolute Gasteiger partial charge is 1.00 e. The number of carboxylic acid groups (broad SMARTS) is 1. The maximum absolute atomic E-state index is 10.4. The second-order valence-corrected chi connectivity index (χ2v) is 3.04. The lowest BCUT2D eigenvalue weighted by Gasteiger charge is -1.99. The van der Waals surface area contributed by atoms with Crippen LogP contribution < -0.4 is 22.7 Å². The van der Waals surface area contributed by atoms with E-state index in [4.69, 9.17) is 5.11 Å². The molecule has 16 heavy (non-hydrogen) atoms. The van der Waals surface area contributed by atoms with E-state index in [0.717, 1.165) is 10.9 Å². The van der Waals surface area contributed by atoms with Gasteiger partial charge in [-0.2, -0.15) is 0 Å². The Bertz CT molecular complexity index is 499. The molecule has 0 fully saturated rings. The van der Waals surface area contributed by atoms with Gasteiger partial charge in [0.1, 0.15) is 0 Å². The first-order chi connectivity index (χ1) is 7.27. The summed E-state index contributed by atoms with van der Waals surface area (Å²) in [6, 6.07) is 7.51. The van der Waals surface area contributed by atoms with Gasteiger partial charge in [-0.1, -0.05) is 12.1 Å². The normalized spacial score (nSPS) is 9.50. The molecule has 0 spiro atoms.